The van der Waals surface area contributed by atoms with Crippen molar-refractivity contribution in [2.75, 3.05) is 30.7 Å². The monoisotopic (exact) mass is 374 g/mol. The lowest BCUT2D eigenvalue weighted by molar-refractivity contribution is -0.127. The molecule has 7 nitrogen and oxygen atoms in total. The highest BCUT2D eigenvalue weighted by atomic mass is 35.5. The number of benzene rings is 1. The van der Waals surface area contributed by atoms with Gasteiger partial charge in [0.25, 0.3) is 0 Å². The molecule has 1 fully saturated rings. The van der Waals surface area contributed by atoms with Crippen molar-refractivity contribution < 1.29 is 4.79 Å². The van der Waals surface area contributed by atoms with E-state index in [0.717, 1.165) is 37.1 Å². The maximum atomic E-state index is 11.6. The third-order valence-electron chi connectivity index (χ3n) is 4.40. The van der Waals surface area contributed by atoms with E-state index < -0.39 is 0 Å². The minimum Gasteiger partial charge on any atom is -0.370 e. The number of aromatic nitrogens is 2. The van der Waals surface area contributed by atoms with Gasteiger partial charge in [-0.15, -0.1) is 0 Å². The Morgan fingerprint density at radius 1 is 1.31 bits per heavy atom. The van der Waals surface area contributed by atoms with Gasteiger partial charge in [0.1, 0.15) is 5.82 Å². The fraction of sp³-hybridized carbons (Fsp3) is 0.389. The van der Waals surface area contributed by atoms with E-state index in [4.69, 9.17) is 23.1 Å². The summed E-state index contributed by atoms with van der Waals surface area (Å²) in [6, 6.07) is 7.47. The number of nitrogens with two attached hydrogens (primary N) is 2. The number of carbonyl (C=O) groups is 1. The summed E-state index contributed by atoms with van der Waals surface area (Å²) >= 11 is 6.42. The molecule has 0 unspecified atom stereocenters. The Kier molecular flexibility index (Phi) is 5.90. The number of hydrogen-bond acceptors (Lipinski definition) is 6. The molecule has 1 aromatic heterocycles. The van der Waals surface area contributed by atoms with Gasteiger partial charge in [-0.2, -0.15) is 4.98 Å². The van der Waals surface area contributed by atoms with Crippen LogP contribution in [-0.4, -0.2) is 40.4 Å². The molecule has 5 N–H and O–H groups in total. The fourth-order valence-corrected chi connectivity index (χ4v) is 3.36. The number of nitrogens with one attached hydrogen (secondary N) is 1. The van der Waals surface area contributed by atoms with E-state index in [1.165, 1.54) is 0 Å². The minimum absolute atomic E-state index is 0.175. The highest BCUT2D eigenvalue weighted by molar-refractivity contribution is 6.34. The van der Waals surface area contributed by atoms with E-state index in [-0.39, 0.29) is 11.9 Å². The molecule has 1 amide bonds. The van der Waals surface area contributed by atoms with Crippen LogP contribution in [0, 0.1) is 0 Å². The quantitative estimate of drug-likeness (QED) is 0.641. The summed E-state index contributed by atoms with van der Waals surface area (Å²) in [6.45, 7) is 2.66. The largest absolute Gasteiger partial charge is 0.370 e. The van der Waals surface area contributed by atoms with Crippen molar-refractivity contribution in [3.63, 3.8) is 0 Å². The van der Waals surface area contributed by atoms with Crippen molar-refractivity contribution in [2.24, 2.45) is 5.73 Å². The molecule has 8 heteroatoms. The van der Waals surface area contributed by atoms with Crippen LogP contribution >= 0.6 is 11.6 Å². The summed E-state index contributed by atoms with van der Waals surface area (Å²) in [6.07, 6.45) is 2.47. The van der Waals surface area contributed by atoms with Crippen molar-refractivity contribution in [3.8, 4) is 11.3 Å². The van der Waals surface area contributed by atoms with Gasteiger partial charge in [-0.3, -0.25) is 4.79 Å². The van der Waals surface area contributed by atoms with Crippen LogP contribution in [0.4, 0.5) is 11.8 Å². The highest BCUT2D eigenvalue weighted by Crippen LogP contribution is 2.30. The summed E-state index contributed by atoms with van der Waals surface area (Å²) in [7, 11) is 0. The number of rotatable bonds is 7. The zero-order valence-electron chi connectivity index (χ0n) is 14.5. The first kappa shape index (κ1) is 18.4. The molecule has 0 spiro atoms. The molecule has 0 bridgehead atoms. The molecule has 3 rings (SSSR count). The molecule has 0 radical (unpaired) electrons. The minimum atomic E-state index is 0.175. The fourth-order valence-electron chi connectivity index (χ4n) is 3.06. The predicted molar refractivity (Wildman–Crippen MR) is 104 cm³/mol. The summed E-state index contributed by atoms with van der Waals surface area (Å²) in [5.74, 6) is 1.05. The Balaban J connectivity index is 1.67. The number of carbonyl (C=O) groups excluding carboxylic acids is 1. The smallest absolute Gasteiger partial charge is 0.222 e. The van der Waals surface area contributed by atoms with Gasteiger partial charge in [0.2, 0.25) is 11.9 Å². The molecule has 1 aliphatic heterocycles. The number of likely N-dealkylation sites (tertiary alicyclic amines) is 1. The van der Waals surface area contributed by atoms with Gasteiger partial charge < -0.3 is 21.7 Å². The number of nitrogens with zero attached hydrogens (tertiary/aromatic N) is 3. The second-order valence-corrected chi connectivity index (χ2v) is 6.62. The molecular formula is C18H23ClN6O. The van der Waals surface area contributed by atoms with E-state index in [9.17, 15) is 4.79 Å². The predicted octanol–water partition coefficient (Wildman–Crippen LogP) is 2.26. The lowest BCUT2D eigenvalue weighted by Gasteiger charge is -2.15. The number of hydrogen-bond donors (Lipinski definition) is 3. The average Bonchev–Trinajstić information content (AvgIpc) is 3.03. The molecule has 0 atom stereocenters. The topological polar surface area (TPSA) is 110 Å². The number of amides is 1. The normalized spacial score (nSPS) is 14.1. The average molecular weight is 375 g/mol. The van der Waals surface area contributed by atoms with Crippen molar-refractivity contribution >= 4 is 29.3 Å². The van der Waals surface area contributed by atoms with E-state index in [0.29, 0.717) is 36.0 Å². The molecule has 2 heterocycles. The molecule has 1 aliphatic rings. The standard InChI is InChI=1S/C18H23ClN6O/c19-17-12(11-20)4-1-5-13(17)14-10-15(24-18(21)23-14)22-7-3-9-25-8-2-6-16(25)26/h1,4-5,10H,2-3,6-9,11,20H2,(H3,21,22,23,24). The molecular weight excluding hydrogens is 352 g/mol. The third kappa shape index (κ3) is 4.23. The van der Waals surface area contributed by atoms with E-state index >= 15 is 0 Å². The van der Waals surface area contributed by atoms with Gasteiger partial charge in [-0.1, -0.05) is 29.8 Å². The van der Waals surface area contributed by atoms with Crippen LogP contribution < -0.4 is 16.8 Å². The van der Waals surface area contributed by atoms with Crippen molar-refractivity contribution in [2.45, 2.75) is 25.8 Å². The molecule has 1 aromatic carbocycles. The molecule has 26 heavy (non-hydrogen) atoms. The Morgan fingerprint density at radius 2 is 2.15 bits per heavy atom. The maximum absolute atomic E-state index is 11.6. The van der Waals surface area contributed by atoms with Crippen LogP contribution in [0.2, 0.25) is 5.02 Å². The zero-order chi connectivity index (χ0) is 18.5. The molecule has 138 valence electrons. The second-order valence-electron chi connectivity index (χ2n) is 6.24. The SMILES string of the molecule is NCc1cccc(-c2cc(NCCCN3CCCC3=O)nc(N)n2)c1Cl. The summed E-state index contributed by atoms with van der Waals surface area (Å²) < 4.78 is 0. The molecule has 2 aromatic rings. The first-order valence-electron chi connectivity index (χ1n) is 8.72. The Bertz CT molecular complexity index is 797. The second kappa shape index (κ2) is 8.33. The van der Waals surface area contributed by atoms with Gasteiger partial charge in [-0.25, -0.2) is 4.98 Å². The third-order valence-corrected chi connectivity index (χ3v) is 4.85. The van der Waals surface area contributed by atoms with E-state index in [1.807, 2.05) is 29.2 Å². The number of nitrogen functional groups attached to an aromatic ring is 1. The van der Waals surface area contributed by atoms with Gasteiger partial charge in [0, 0.05) is 44.2 Å². The highest BCUT2D eigenvalue weighted by Gasteiger charge is 2.19. The first-order valence-corrected chi connectivity index (χ1v) is 9.10. The maximum Gasteiger partial charge on any atom is 0.222 e. The molecule has 0 saturated carbocycles. The number of anilines is 2. The first-order chi connectivity index (χ1) is 12.6. The Hall–Kier alpha value is -2.38. The van der Waals surface area contributed by atoms with E-state index in [1.54, 1.807) is 0 Å². The van der Waals surface area contributed by atoms with Crippen molar-refractivity contribution in [1.82, 2.24) is 14.9 Å². The summed E-state index contributed by atoms with van der Waals surface area (Å²) in [5, 5.41) is 3.82. The lowest BCUT2D eigenvalue weighted by atomic mass is 10.1. The van der Waals surface area contributed by atoms with Gasteiger partial charge in [-0.05, 0) is 18.4 Å². The van der Waals surface area contributed by atoms with Crippen LogP contribution in [0.15, 0.2) is 24.3 Å². The van der Waals surface area contributed by atoms with Crippen LogP contribution in [-0.2, 0) is 11.3 Å². The summed E-state index contributed by atoms with van der Waals surface area (Å²) in [4.78, 5) is 22.0. The van der Waals surface area contributed by atoms with Gasteiger partial charge in [0.15, 0.2) is 0 Å². The Morgan fingerprint density at radius 3 is 2.88 bits per heavy atom. The van der Waals surface area contributed by atoms with Crippen molar-refractivity contribution in [3.05, 3.63) is 34.9 Å². The Labute approximate surface area is 157 Å². The summed E-state index contributed by atoms with van der Waals surface area (Å²) in [5.41, 5.74) is 13.8. The van der Waals surface area contributed by atoms with Crippen LogP contribution in [0.5, 0.6) is 0 Å². The van der Waals surface area contributed by atoms with Gasteiger partial charge in [0.05, 0.1) is 10.7 Å². The number of halogens is 1. The van der Waals surface area contributed by atoms with Gasteiger partial charge >= 0.3 is 0 Å². The van der Waals surface area contributed by atoms with Crippen LogP contribution in [0.3, 0.4) is 0 Å². The zero-order valence-corrected chi connectivity index (χ0v) is 15.3. The molecule has 1 saturated heterocycles. The lowest BCUT2D eigenvalue weighted by Crippen LogP contribution is -2.27. The van der Waals surface area contributed by atoms with Crippen LogP contribution in [0.25, 0.3) is 11.3 Å². The van der Waals surface area contributed by atoms with Crippen LogP contribution in [0.1, 0.15) is 24.8 Å². The van der Waals surface area contributed by atoms with E-state index in [2.05, 4.69) is 15.3 Å². The molecule has 0 aliphatic carbocycles. The van der Waals surface area contributed by atoms with Crippen molar-refractivity contribution in [1.29, 1.82) is 0 Å².